The Balaban J connectivity index is 2.05. The number of fused-ring (bicyclic) bond motifs is 1. The summed E-state index contributed by atoms with van der Waals surface area (Å²) < 4.78 is 0. The number of rotatable bonds is 6. The van der Waals surface area contributed by atoms with Crippen LogP contribution in [0.15, 0.2) is 42.5 Å². The van der Waals surface area contributed by atoms with Crippen molar-refractivity contribution >= 4 is 0 Å². The third kappa shape index (κ3) is 3.13. The summed E-state index contributed by atoms with van der Waals surface area (Å²) in [6.45, 7) is 6.60. The van der Waals surface area contributed by atoms with E-state index in [0.717, 1.165) is 43.5 Å². The van der Waals surface area contributed by atoms with Crippen molar-refractivity contribution in [2.45, 2.75) is 45.1 Å². The number of hydrogen-bond donors (Lipinski definition) is 2. The van der Waals surface area contributed by atoms with E-state index in [0.29, 0.717) is 6.04 Å². The van der Waals surface area contributed by atoms with E-state index in [-0.39, 0.29) is 17.4 Å². The van der Waals surface area contributed by atoms with Gasteiger partial charge in [0, 0.05) is 12.0 Å². The monoisotopic (exact) mass is 325 g/mol. The summed E-state index contributed by atoms with van der Waals surface area (Å²) in [5.74, 6) is 0.206. The molecule has 0 fully saturated rings. The van der Waals surface area contributed by atoms with Gasteiger partial charge in [0.25, 0.3) is 0 Å². The van der Waals surface area contributed by atoms with Gasteiger partial charge >= 0.3 is 0 Å². The van der Waals surface area contributed by atoms with Crippen LogP contribution in [-0.4, -0.2) is 34.2 Å². The molecular formula is C21H27NO2. The topological polar surface area (TPSA) is 43.7 Å². The average Bonchev–Trinajstić information content (AvgIpc) is 2.94. The molecule has 1 aliphatic rings. The fourth-order valence-corrected chi connectivity index (χ4v) is 4.07. The van der Waals surface area contributed by atoms with Crippen molar-refractivity contribution in [2.24, 2.45) is 0 Å². The number of benzene rings is 2. The lowest BCUT2D eigenvalue weighted by molar-refractivity contribution is 0.189. The van der Waals surface area contributed by atoms with E-state index in [1.807, 2.05) is 6.07 Å². The Labute approximate surface area is 144 Å². The molecule has 0 spiro atoms. The quantitative estimate of drug-likeness (QED) is 0.779. The summed E-state index contributed by atoms with van der Waals surface area (Å²) in [4.78, 5) is 2.58. The highest BCUT2D eigenvalue weighted by molar-refractivity contribution is 5.53. The van der Waals surface area contributed by atoms with Crippen molar-refractivity contribution in [1.29, 1.82) is 0 Å². The van der Waals surface area contributed by atoms with Crippen molar-refractivity contribution in [3.05, 3.63) is 59.2 Å². The Hall–Kier alpha value is -2.00. The highest BCUT2D eigenvalue weighted by atomic mass is 16.3. The zero-order valence-electron chi connectivity index (χ0n) is 14.6. The molecule has 0 amide bonds. The Morgan fingerprint density at radius 3 is 2.21 bits per heavy atom. The Kier molecular flexibility index (Phi) is 5.10. The minimum atomic E-state index is -0.0205. The first kappa shape index (κ1) is 16.8. The summed E-state index contributed by atoms with van der Waals surface area (Å²) in [6.07, 6.45) is 3.18. The molecule has 0 unspecified atom stereocenters. The van der Waals surface area contributed by atoms with Crippen LogP contribution in [0.2, 0.25) is 0 Å². The Morgan fingerprint density at radius 1 is 0.958 bits per heavy atom. The van der Waals surface area contributed by atoms with Crippen molar-refractivity contribution in [3.8, 4) is 11.5 Å². The molecule has 0 aromatic heterocycles. The lowest BCUT2D eigenvalue weighted by Crippen LogP contribution is -2.39. The van der Waals surface area contributed by atoms with Crippen molar-refractivity contribution in [2.75, 3.05) is 13.1 Å². The highest BCUT2D eigenvalue weighted by Crippen LogP contribution is 2.44. The van der Waals surface area contributed by atoms with Gasteiger partial charge < -0.3 is 10.2 Å². The minimum absolute atomic E-state index is 0.0151. The lowest BCUT2D eigenvalue weighted by atomic mass is 9.89. The first-order valence-corrected chi connectivity index (χ1v) is 8.99. The molecule has 0 saturated heterocycles. The molecule has 3 nitrogen and oxygen atoms in total. The first-order chi connectivity index (χ1) is 11.7. The second-order valence-electron chi connectivity index (χ2n) is 6.74. The maximum absolute atomic E-state index is 10.0. The van der Waals surface area contributed by atoms with Crippen LogP contribution in [0.25, 0.3) is 0 Å². The lowest BCUT2D eigenvalue weighted by Gasteiger charge is -2.33. The fourth-order valence-electron chi connectivity index (χ4n) is 4.07. The van der Waals surface area contributed by atoms with Crippen molar-refractivity contribution in [3.63, 3.8) is 0 Å². The predicted molar refractivity (Wildman–Crippen MR) is 97.7 cm³/mol. The van der Waals surface area contributed by atoms with Crippen LogP contribution in [0.3, 0.4) is 0 Å². The number of phenols is 2. The van der Waals surface area contributed by atoms with Gasteiger partial charge in [0.05, 0.1) is 0 Å². The molecule has 0 aliphatic heterocycles. The SMILES string of the molecule is CCCN(CCC)[C@H]1Cc2cc(O)c(O)cc2[C@@H]1c1ccccc1. The zero-order valence-corrected chi connectivity index (χ0v) is 14.6. The first-order valence-electron chi connectivity index (χ1n) is 8.99. The molecule has 24 heavy (non-hydrogen) atoms. The second-order valence-corrected chi connectivity index (χ2v) is 6.74. The molecule has 128 valence electrons. The van der Waals surface area contributed by atoms with Gasteiger partial charge in [0.2, 0.25) is 0 Å². The number of phenolic OH excluding ortho intramolecular Hbond substituents is 2. The maximum atomic E-state index is 10.0. The molecule has 2 aromatic rings. The molecule has 0 saturated carbocycles. The summed E-state index contributed by atoms with van der Waals surface area (Å²) >= 11 is 0. The van der Waals surface area contributed by atoms with Crippen molar-refractivity contribution in [1.82, 2.24) is 4.90 Å². The van der Waals surface area contributed by atoms with Gasteiger partial charge in [-0.05, 0) is 61.2 Å². The van der Waals surface area contributed by atoms with E-state index >= 15 is 0 Å². The largest absolute Gasteiger partial charge is 0.504 e. The smallest absolute Gasteiger partial charge is 0.157 e. The standard InChI is InChI=1S/C21H27NO2/c1-3-10-22(11-4-2)18-12-16-13-19(23)20(24)14-17(16)21(18)15-8-6-5-7-9-15/h5-9,13-14,18,21,23-24H,3-4,10-12H2,1-2H3/t18-,21-/m0/s1. The molecule has 2 N–H and O–H groups in total. The molecule has 0 radical (unpaired) electrons. The van der Waals surface area contributed by atoms with Crippen LogP contribution in [0, 0.1) is 0 Å². The third-order valence-electron chi connectivity index (χ3n) is 5.03. The predicted octanol–water partition coefficient (Wildman–Crippen LogP) is 4.28. The summed E-state index contributed by atoms with van der Waals surface area (Å²) in [6, 6.07) is 14.4. The molecule has 1 aliphatic carbocycles. The average molecular weight is 325 g/mol. The van der Waals surface area contributed by atoms with Crippen LogP contribution in [0.5, 0.6) is 11.5 Å². The van der Waals surface area contributed by atoms with Gasteiger partial charge in [-0.25, -0.2) is 0 Å². The molecule has 0 bridgehead atoms. The van der Waals surface area contributed by atoms with E-state index in [9.17, 15) is 10.2 Å². The van der Waals surface area contributed by atoms with E-state index in [1.165, 1.54) is 5.56 Å². The van der Waals surface area contributed by atoms with Crippen LogP contribution in [0.4, 0.5) is 0 Å². The highest BCUT2D eigenvalue weighted by Gasteiger charge is 2.37. The summed E-state index contributed by atoms with van der Waals surface area (Å²) in [5.41, 5.74) is 3.59. The molecule has 3 heteroatoms. The van der Waals surface area contributed by atoms with Crippen LogP contribution in [0.1, 0.15) is 49.3 Å². The van der Waals surface area contributed by atoms with E-state index < -0.39 is 0 Å². The van der Waals surface area contributed by atoms with Crippen molar-refractivity contribution < 1.29 is 10.2 Å². The van der Waals surface area contributed by atoms with Crippen LogP contribution in [-0.2, 0) is 6.42 Å². The van der Waals surface area contributed by atoms with Gasteiger partial charge in [-0.3, -0.25) is 4.90 Å². The molecular weight excluding hydrogens is 298 g/mol. The second kappa shape index (κ2) is 7.27. The molecule has 2 atom stereocenters. The maximum Gasteiger partial charge on any atom is 0.157 e. The number of aromatic hydroxyl groups is 2. The van der Waals surface area contributed by atoms with Gasteiger partial charge in [-0.2, -0.15) is 0 Å². The minimum Gasteiger partial charge on any atom is -0.504 e. The number of nitrogens with zero attached hydrogens (tertiary/aromatic N) is 1. The summed E-state index contributed by atoms with van der Waals surface area (Å²) in [7, 11) is 0. The molecule has 3 rings (SSSR count). The molecule has 2 aromatic carbocycles. The normalized spacial score (nSPS) is 19.6. The molecule has 0 heterocycles. The van der Waals surface area contributed by atoms with Crippen LogP contribution >= 0.6 is 0 Å². The Bertz CT molecular complexity index is 678. The van der Waals surface area contributed by atoms with Crippen LogP contribution < -0.4 is 0 Å². The van der Waals surface area contributed by atoms with E-state index in [1.54, 1.807) is 12.1 Å². The van der Waals surface area contributed by atoms with Gasteiger partial charge in [-0.15, -0.1) is 0 Å². The van der Waals surface area contributed by atoms with Gasteiger partial charge in [0.15, 0.2) is 11.5 Å². The van der Waals surface area contributed by atoms with E-state index in [2.05, 4.69) is 43.0 Å². The van der Waals surface area contributed by atoms with E-state index in [4.69, 9.17) is 0 Å². The summed E-state index contributed by atoms with van der Waals surface area (Å²) in [5, 5.41) is 19.9. The Morgan fingerprint density at radius 2 is 1.58 bits per heavy atom. The number of hydrogen-bond acceptors (Lipinski definition) is 3. The third-order valence-corrected chi connectivity index (χ3v) is 5.03. The van der Waals surface area contributed by atoms with Gasteiger partial charge in [0.1, 0.15) is 0 Å². The van der Waals surface area contributed by atoms with Gasteiger partial charge in [-0.1, -0.05) is 44.2 Å². The fraction of sp³-hybridized carbons (Fsp3) is 0.429. The zero-order chi connectivity index (χ0) is 17.1.